The van der Waals surface area contributed by atoms with Gasteiger partial charge in [0.15, 0.2) is 0 Å². The SMILES string of the molecule is c1ccc(OP(Oc2ccccc2)c2c(-c3ccccc3)[nH]c3ccccc23)cc1. The highest BCUT2D eigenvalue weighted by Gasteiger charge is 2.27. The number of H-pyrrole nitrogens is 1. The molecule has 30 heavy (non-hydrogen) atoms. The van der Waals surface area contributed by atoms with Crippen molar-refractivity contribution in [2.45, 2.75) is 0 Å². The summed E-state index contributed by atoms with van der Waals surface area (Å²) in [6, 6.07) is 38.3. The lowest BCUT2D eigenvalue weighted by Crippen LogP contribution is -2.12. The van der Waals surface area contributed by atoms with Crippen LogP contribution in [0.3, 0.4) is 0 Å². The first-order chi connectivity index (χ1) is 14.9. The fourth-order valence-electron chi connectivity index (χ4n) is 3.39. The second kappa shape index (κ2) is 8.44. The van der Waals surface area contributed by atoms with Gasteiger partial charge in [0.1, 0.15) is 11.5 Å². The Morgan fingerprint density at radius 1 is 0.533 bits per heavy atom. The summed E-state index contributed by atoms with van der Waals surface area (Å²) < 4.78 is 12.9. The van der Waals surface area contributed by atoms with Gasteiger partial charge in [-0.3, -0.25) is 0 Å². The van der Waals surface area contributed by atoms with E-state index in [1.54, 1.807) is 0 Å². The minimum Gasteiger partial charge on any atom is -0.435 e. The van der Waals surface area contributed by atoms with Crippen molar-refractivity contribution in [2.75, 3.05) is 0 Å². The van der Waals surface area contributed by atoms with Crippen molar-refractivity contribution in [3.63, 3.8) is 0 Å². The van der Waals surface area contributed by atoms with Crippen LogP contribution in [0.4, 0.5) is 0 Å². The van der Waals surface area contributed by atoms with Gasteiger partial charge in [-0.1, -0.05) is 84.9 Å². The number of fused-ring (bicyclic) bond motifs is 1. The van der Waals surface area contributed by atoms with Crippen LogP contribution in [0.25, 0.3) is 22.2 Å². The quantitative estimate of drug-likeness (QED) is 0.309. The summed E-state index contributed by atoms with van der Waals surface area (Å²) in [5, 5.41) is 2.15. The molecule has 0 fully saturated rings. The molecule has 3 nitrogen and oxygen atoms in total. The summed E-state index contributed by atoms with van der Waals surface area (Å²) in [5.74, 6) is 1.56. The molecule has 1 aromatic heterocycles. The van der Waals surface area contributed by atoms with Gasteiger partial charge in [0.25, 0.3) is 0 Å². The molecular weight excluding hydrogens is 389 g/mol. The molecular formula is C26H20NO2P. The lowest BCUT2D eigenvalue weighted by Gasteiger charge is -2.20. The highest BCUT2D eigenvalue weighted by molar-refractivity contribution is 7.57. The Morgan fingerprint density at radius 3 is 1.63 bits per heavy atom. The minimum atomic E-state index is -1.45. The number of aromatic nitrogens is 1. The lowest BCUT2D eigenvalue weighted by atomic mass is 10.1. The predicted octanol–water partition coefficient (Wildman–Crippen LogP) is 6.93. The molecule has 0 saturated carbocycles. The van der Waals surface area contributed by atoms with Gasteiger partial charge >= 0.3 is 8.38 Å². The van der Waals surface area contributed by atoms with E-state index in [0.717, 1.165) is 39.0 Å². The molecule has 0 bridgehead atoms. The van der Waals surface area contributed by atoms with E-state index in [1.165, 1.54) is 0 Å². The second-order valence-electron chi connectivity index (χ2n) is 6.83. The van der Waals surface area contributed by atoms with Crippen molar-refractivity contribution in [1.82, 2.24) is 4.98 Å². The van der Waals surface area contributed by atoms with E-state index in [1.807, 2.05) is 91.0 Å². The van der Waals surface area contributed by atoms with Gasteiger partial charge in [0.2, 0.25) is 0 Å². The van der Waals surface area contributed by atoms with Crippen LogP contribution in [0, 0.1) is 0 Å². The Bertz CT molecular complexity index is 1200. The van der Waals surface area contributed by atoms with Crippen LogP contribution in [-0.4, -0.2) is 4.98 Å². The monoisotopic (exact) mass is 409 g/mol. The Kier molecular flexibility index (Phi) is 5.20. The van der Waals surface area contributed by atoms with E-state index in [-0.39, 0.29) is 0 Å². The van der Waals surface area contributed by atoms with E-state index in [2.05, 4.69) is 29.2 Å². The van der Waals surface area contributed by atoms with Gasteiger partial charge in [-0.25, -0.2) is 0 Å². The zero-order chi connectivity index (χ0) is 20.2. The Hall–Kier alpha value is -3.55. The van der Waals surface area contributed by atoms with Crippen molar-refractivity contribution in [2.24, 2.45) is 0 Å². The molecule has 0 radical (unpaired) electrons. The Labute approximate surface area is 176 Å². The number of aromatic amines is 1. The van der Waals surface area contributed by atoms with Crippen molar-refractivity contribution in [3.05, 3.63) is 115 Å². The maximum Gasteiger partial charge on any atom is 0.329 e. The largest absolute Gasteiger partial charge is 0.435 e. The molecule has 5 rings (SSSR count). The van der Waals surface area contributed by atoms with Crippen LogP contribution in [-0.2, 0) is 0 Å². The molecule has 146 valence electrons. The number of nitrogens with one attached hydrogen (secondary N) is 1. The summed E-state index contributed by atoms with van der Waals surface area (Å²) >= 11 is 0. The summed E-state index contributed by atoms with van der Waals surface area (Å²) in [4.78, 5) is 3.59. The zero-order valence-electron chi connectivity index (χ0n) is 16.2. The third-order valence-electron chi connectivity index (χ3n) is 4.79. The van der Waals surface area contributed by atoms with E-state index in [0.29, 0.717) is 0 Å². The first-order valence-electron chi connectivity index (χ1n) is 9.81. The summed E-state index contributed by atoms with van der Waals surface area (Å²) in [7, 11) is -1.45. The molecule has 0 atom stereocenters. The third-order valence-corrected chi connectivity index (χ3v) is 6.37. The summed E-state index contributed by atoms with van der Waals surface area (Å²) in [6.45, 7) is 0. The molecule has 0 amide bonds. The van der Waals surface area contributed by atoms with Crippen LogP contribution in [0.5, 0.6) is 11.5 Å². The van der Waals surface area contributed by atoms with Gasteiger partial charge in [0.05, 0.1) is 11.0 Å². The van der Waals surface area contributed by atoms with Gasteiger partial charge in [-0.15, -0.1) is 0 Å². The predicted molar refractivity (Wildman–Crippen MR) is 124 cm³/mol. The van der Waals surface area contributed by atoms with Crippen LogP contribution >= 0.6 is 8.38 Å². The van der Waals surface area contributed by atoms with Crippen molar-refractivity contribution >= 4 is 24.6 Å². The average Bonchev–Trinajstić information content (AvgIpc) is 3.20. The van der Waals surface area contributed by atoms with E-state index >= 15 is 0 Å². The average molecular weight is 409 g/mol. The molecule has 0 aliphatic rings. The first kappa shape index (κ1) is 18.5. The molecule has 0 aliphatic carbocycles. The molecule has 4 aromatic carbocycles. The highest BCUT2D eigenvalue weighted by Crippen LogP contribution is 2.44. The minimum absolute atomic E-state index is 0.781. The maximum absolute atomic E-state index is 6.46. The van der Waals surface area contributed by atoms with Crippen LogP contribution in [0.2, 0.25) is 0 Å². The van der Waals surface area contributed by atoms with Crippen molar-refractivity contribution in [1.29, 1.82) is 0 Å². The number of benzene rings is 4. The smallest absolute Gasteiger partial charge is 0.329 e. The standard InChI is InChI=1S/C26H20NO2P/c1-4-12-20(13-5-1)25-26(23-18-10-11-19-24(23)27-25)30(28-21-14-6-2-7-15-21)29-22-16-8-3-9-17-22/h1-19,27H. The zero-order valence-corrected chi connectivity index (χ0v) is 17.1. The van der Waals surface area contributed by atoms with Crippen LogP contribution in [0.15, 0.2) is 115 Å². The number of para-hydroxylation sites is 3. The number of hydrogen-bond acceptors (Lipinski definition) is 2. The molecule has 1 heterocycles. The van der Waals surface area contributed by atoms with E-state index in [4.69, 9.17) is 9.05 Å². The highest BCUT2D eigenvalue weighted by atomic mass is 31.2. The molecule has 0 saturated heterocycles. The summed E-state index contributed by atoms with van der Waals surface area (Å²) in [6.07, 6.45) is 0. The normalized spacial score (nSPS) is 11.0. The van der Waals surface area contributed by atoms with E-state index in [9.17, 15) is 0 Å². The Morgan fingerprint density at radius 2 is 1.03 bits per heavy atom. The van der Waals surface area contributed by atoms with Gasteiger partial charge < -0.3 is 14.0 Å². The van der Waals surface area contributed by atoms with Crippen LogP contribution < -0.4 is 14.4 Å². The number of rotatable bonds is 6. The van der Waals surface area contributed by atoms with Crippen molar-refractivity contribution < 1.29 is 9.05 Å². The molecule has 1 N–H and O–H groups in total. The second-order valence-corrected chi connectivity index (χ2v) is 8.15. The maximum atomic E-state index is 6.46. The molecule has 0 unspecified atom stereocenters. The molecule has 0 spiro atoms. The lowest BCUT2D eigenvalue weighted by molar-refractivity contribution is 0.502. The molecule has 4 heteroatoms. The van der Waals surface area contributed by atoms with Gasteiger partial charge in [-0.2, -0.15) is 0 Å². The van der Waals surface area contributed by atoms with Gasteiger partial charge in [0, 0.05) is 10.9 Å². The number of hydrogen-bond donors (Lipinski definition) is 1. The fourth-order valence-corrected chi connectivity index (χ4v) is 5.00. The topological polar surface area (TPSA) is 34.2 Å². The van der Waals surface area contributed by atoms with E-state index < -0.39 is 8.38 Å². The molecule has 0 aliphatic heterocycles. The fraction of sp³-hybridized carbons (Fsp3) is 0. The summed E-state index contributed by atoms with van der Waals surface area (Å²) in [5.41, 5.74) is 3.19. The Balaban J connectivity index is 1.67. The van der Waals surface area contributed by atoms with Gasteiger partial charge in [-0.05, 0) is 35.9 Å². The first-order valence-corrected chi connectivity index (χ1v) is 11.0. The molecule has 5 aromatic rings. The third kappa shape index (κ3) is 3.80. The van der Waals surface area contributed by atoms with Crippen LogP contribution in [0.1, 0.15) is 0 Å². The van der Waals surface area contributed by atoms with Crippen molar-refractivity contribution in [3.8, 4) is 22.8 Å².